The van der Waals surface area contributed by atoms with Gasteiger partial charge in [-0.15, -0.1) is 0 Å². The van der Waals surface area contributed by atoms with E-state index in [1.807, 2.05) is 13.2 Å². The Morgan fingerprint density at radius 1 is 1.06 bits per heavy atom. The fraction of sp³-hybridized carbons (Fsp3) is 0.320. The van der Waals surface area contributed by atoms with E-state index in [0.29, 0.717) is 5.95 Å². The van der Waals surface area contributed by atoms with Crippen molar-refractivity contribution in [3.05, 3.63) is 64.8 Å². The topological polar surface area (TPSA) is 79.7 Å². The average Bonchev–Trinajstić information content (AvgIpc) is 3.05. The van der Waals surface area contributed by atoms with Gasteiger partial charge in [0.15, 0.2) is 11.5 Å². The Balaban J connectivity index is 1.44. The van der Waals surface area contributed by atoms with Crippen molar-refractivity contribution in [2.45, 2.75) is 39.7 Å². The molecule has 32 heavy (non-hydrogen) atoms. The standard InChI is InChI=1S/C25H29N7/c1-15-7-6-8-16(2)21(15)29-22-19-13-27-24(30-23(19)32(5)31-22)28-18-9-10-20-17(11-18)12-26-14-25(20,3)4/h6-11,13,26H,12,14H2,1-5H3,(H,29,31)(H,27,28,30). The van der Waals surface area contributed by atoms with Gasteiger partial charge in [0.2, 0.25) is 5.95 Å². The Kier molecular flexibility index (Phi) is 4.86. The molecular formula is C25H29N7. The predicted octanol–water partition coefficient (Wildman–Crippen LogP) is 4.85. The molecule has 164 valence electrons. The smallest absolute Gasteiger partial charge is 0.229 e. The summed E-state index contributed by atoms with van der Waals surface area (Å²) in [5.74, 6) is 1.32. The summed E-state index contributed by atoms with van der Waals surface area (Å²) in [5, 5.41) is 15.9. The van der Waals surface area contributed by atoms with Crippen LogP contribution in [0.5, 0.6) is 0 Å². The number of hydrogen-bond donors (Lipinski definition) is 3. The van der Waals surface area contributed by atoms with E-state index < -0.39 is 0 Å². The lowest BCUT2D eigenvalue weighted by Gasteiger charge is -2.33. The van der Waals surface area contributed by atoms with Gasteiger partial charge in [-0.05, 0) is 48.2 Å². The maximum absolute atomic E-state index is 4.74. The van der Waals surface area contributed by atoms with Crippen LogP contribution in [0.1, 0.15) is 36.1 Å². The number of hydrogen-bond acceptors (Lipinski definition) is 6. The third-order valence-electron chi connectivity index (χ3n) is 6.28. The van der Waals surface area contributed by atoms with E-state index in [2.05, 4.69) is 90.1 Å². The second-order valence-corrected chi connectivity index (χ2v) is 9.28. The maximum Gasteiger partial charge on any atom is 0.229 e. The number of nitrogens with one attached hydrogen (secondary N) is 3. The Bertz CT molecular complexity index is 1300. The first-order valence-electron chi connectivity index (χ1n) is 11.0. The molecule has 0 amide bonds. The number of benzene rings is 2. The predicted molar refractivity (Wildman–Crippen MR) is 130 cm³/mol. The second kappa shape index (κ2) is 7.60. The number of aryl methyl sites for hydroxylation is 3. The molecule has 3 N–H and O–H groups in total. The molecule has 0 atom stereocenters. The number of para-hydroxylation sites is 1. The summed E-state index contributed by atoms with van der Waals surface area (Å²) in [7, 11) is 1.90. The van der Waals surface area contributed by atoms with Crippen molar-refractivity contribution in [2.75, 3.05) is 17.2 Å². The SMILES string of the molecule is Cc1cccc(C)c1Nc1nn(C)c2nc(Nc3ccc4c(c3)CNCC4(C)C)ncc12. The molecule has 0 spiro atoms. The van der Waals surface area contributed by atoms with Crippen molar-refractivity contribution >= 4 is 34.2 Å². The van der Waals surface area contributed by atoms with Gasteiger partial charge in [0.05, 0.1) is 5.39 Å². The van der Waals surface area contributed by atoms with Crippen molar-refractivity contribution in [3.63, 3.8) is 0 Å². The van der Waals surface area contributed by atoms with E-state index in [-0.39, 0.29) is 5.41 Å². The van der Waals surface area contributed by atoms with Gasteiger partial charge in [0.25, 0.3) is 0 Å². The summed E-state index contributed by atoms with van der Waals surface area (Å²) in [6.45, 7) is 10.6. The van der Waals surface area contributed by atoms with E-state index in [1.54, 1.807) is 4.68 Å². The van der Waals surface area contributed by atoms with Gasteiger partial charge in [-0.1, -0.05) is 38.1 Å². The van der Waals surface area contributed by atoms with Crippen LogP contribution < -0.4 is 16.0 Å². The van der Waals surface area contributed by atoms with Gasteiger partial charge in [0, 0.05) is 43.1 Å². The van der Waals surface area contributed by atoms with Gasteiger partial charge >= 0.3 is 0 Å². The molecular weight excluding hydrogens is 398 g/mol. The van der Waals surface area contributed by atoms with Gasteiger partial charge in [-0.2, -0.15) is 10.1 Å². The molecule has 2 aromatic carbocycles. The van der Waals surface area contributed by atoms with Crippen LogP contribution in [0.4, 0.5) is 23.1 Å². The number of fused-ring (bicyclic) bond motifs is 2. The Morgan fingerprint density at radius 2 is 1.84 bits per heavy atom. The first-order chi connectivity index (χ1) is 15.3. The fourth-order valence-corrected chi connectivity index (χ4v) is 4.53. The number of nitrogens with zero attached hydrogens (tertiary/aromatic N) is 4. The van der Waals surface area contributed by atoms with Gasteiger partial charge < -0.3 is 16.0 Å². The monoisotopic (exact) mass is 427 g/mol. The fourth-order valence-electron chi connectivity index (χ4n) is 4.53. The summed E-state index contributed by atoms with van der Waals surface area (Å²) in [6, 6.07) is 12.8. The molecule has 0 saturated heterocycles. The molecule has 0 bridgehead atoms. The molecule has 7 nitrogen and oxygen atoms in total. The minimum absolute atomic E-state index is 0.134. The normalized spacial score (nSPS) is 14.9. The summed E-state index contributed by atoms with van der Waals surface area (Å²) in [5.41, 5.74) is 8.02. The van der Waals surface area contributed by atoms with Crippen LogP contribution in [0.15, 0.2) is 42.6 Å². The number of rotatable bonds is 4. The highest BCUT2D eigenvalue weighted by molar-refractivity contribution is 5.90. The second-order valence-electron chi connectivity index (χ2n) is 9.28. The molecule has 2 aromatic heterocycles. The van der Waals surface area contributed by atoms with Crippen molar-refractivity contribution in [3.8, 4) is 0 Å². The zero-order valence-electron chi connectivity index (χ0n) is 19.2. The van der Waals surface area contributed by atoms with Crippen LogP contribution >= 0.6 is 0 Å². The van der Waals surface area contributed by atoms with Crippen LogP contribution in [0.2, 0.25) is 0 Å². The van der Waals surface area contributed by atoms with Crippen molar-refractivity contribution in [2.24, 2.45) is 7.05 Å². The highest BCUT2D eigenvalue weighted by Gasteiger charge is 2.27. The Morgan fingerprint density at radius 3 is 2.62 bits per heavy atom. The van der Waals surface area contributed by atoms with Gasteiger partial charge in [-0.25, -0.2) is 9.67 Å². The van der Waals surface area contributed by atoms with Crippen molar-refractivity contribution < 1.29 is 0 Å². The summed E-state index contributed by atoms with van der Waals surface area (Å²) >= 11 is 0. The van der Waals surface area contributed by atoms with E-state index in [9.17, 15) is 0 Å². The summed E-state index contributed by atoms with van der Waals surface area (Å²) in [6.07, 6.45) is 1.83. The average molecular weight is 428 g/mol. The zero-order valence-corrected chi connectivity index (χ0v) is 19.2. The molecule has 4 aromatic rings. The van der Waals surface area contributed by atoms with Gasteiger partial charge in [-0.3, -0.25) is 0 Å². The lowest BCUT2D eigenvalue weighted by molar-refractivity contribution is 0.435. The lowest BCUT2D eigenvalue weighted by Crippen LogP contribution is -2.38. The molecule has 3 heterocycles. The van der Waals surface area contributed by atoms with Crippen LogP contribution in [-0.2, 0) is 19.0 Å². The van der Waals surface area contributed by atoms with E-state index >= 15 is 0 Å². The third kappa shape index (κ3) is 3.58. The minimum atomic E-state index is 0.134. The van der Waals surface area contributed by atoms with Crippen LogP contribution in [0.25, 0.3) is 11.0 Å². The molecule has 0 aliphatic carbocycles. The molecule has 0 saturated carbocycles. The Hall–Kier alpha value is -3.45. The molecule has 0 unspecified atom stereocenters. The highest BCUT2D eigenvalue weighted by Crippen LogP contribution is 2.32. The maximum atomic E-state index is 4.74. The summed E-state index contributed by atoms with van der Waals surface area (Å²) in [4.78, 5) is 9.31. The first kappa shape index (κ1) is 20.5. The molecule has 0 radical (unpaired) electrons. The lowest BCUT2D eigenvalue weighted by atomic mass is 9.79. The molecule has 5 rings (SSSR count). The van der Waals surface area contributed by atoms with Crippen LogP contribution in [-0.4, -0.2) is 26.3 Å². The number of aromatic nitrogens is 4. The minimum Gasteiger partial charge on any atom is -0.338 e. The quantitative estimate of drug-likeness (QED) is 0.432. The van der Waals surface area contributed by atoms with E-state index in [4.69, 9.17) is 4.98 Å². The van der Waals surface area contributed by atoms with Crippen LogP contribution in [0, 0.1) is 13.8 Å². The zero-order chi connectivity index (χ0) is 22.5. The summed E-state index contributed by atoms with van der Waals surface area (Å²) < 4.78 is 1.79. The van der Waals surface area contributed by atoms with Gasteiger partial charge in [0.1, 0.15) is 0 Å². The van der Waals surface area contributed by atoms with Crippen LogP contribution in [0.3, 0.4) is 0 Å². The Labute approximate surface area is 188 Å². The number of anilines is 4. The van der Waals surface area contributed by atoms with E-state index in [0.717, 1.165) is 41.3 Å². The van der Waals surface area contributed by atoms with E-state index in [1.165, 1.54) is 22.3 Å². The molecule has 1 aliphatic heterocycles. The molecule has 7 heteroatoms. The highest BCUT2D eigenvalue weighted by atomic mass is 15.3. The molecule has 1 aliphatic rings. The van der Waals surface area contributed by atoms with Crippen molar-refractivity contribution in [1.82, 2.24) is 25.1 Å². The first-order valence-corrected chi connectivity index (χ1v) is 11.0. The van der Waals surface area contributed by atoms with Crippen molar-refractivity contribution in [1.29, 1.82) is 0 Å². The third-order valence-corrected chi connectivity index (χ3v) is 6.28. The largest absolute Gasteiger partial charge is 0.338 e. The molecule has 0 fully saturated rings.